The summed E-state index contributed by atoms with van der Waals surface area (Å²) in [6.07, 6.45) is 3.89. The fraction of sp³-hybridized carbons (Fsp3) is 0.600. The highest BCUT2D eigenvalue weighted by atomic mass is 16.5. The van der Waals surface area contributed by atoms with Crippen molar-refractivity contribution in [1.29, 1.82) is 0 Å². The van der Waals surface area contributed by atoms with Gasteiger partial charge in [0.1, 0.15) is 11.5 Å². The molecule has 1 aromatic rings. The van der Waals surface area contributed by atoms with Crippen molar-refractivity contribution in [1.82, 2.24) is 5.32 Å². The van der Waals surface area contributed by atoms with Crippen LogP contribution in [0.1, 0.15) is 37.8 Å². The second kappa shape index (κ2) is 6.10. The molecular formula is C15H23NO2. The van der Waals surface area contributed by atoms with E-state index in [0.717, 1.165) is 29.5 Å². The van der Waals surface area contributed by atoms with E-state index in [2.05, 4.69) is 12.2 Å². The van der Waals surface area contributed by atoms with Gasteiger partial charge in [0, 0.05) is 6.04 Å². The third-order valence-electron chi connectivity index (χ3n) is 3.53. The van der Waals surface area contributed by atoms with Gasteiger partial charge < -0.3 is 14.8 Å². The van der Waals surface area contributed by atoms with Crippen LogP contribution in [0.25, 0.3) is 0 Å². The van der Waals surface area contributed by atoms with Gasteiger partial charge in [-0.25, -0.2) is 0 Å². The van der Waals surface area contributed by atoms with Crippen LogP contribution < -0.4 is 14.8 Å². The lowest BCUT2D eigenvalue weighted by atomic mass is 9.99. The first-order valence-corrected chi connectivity index (χ1v) is 6.74. The third-order valence-corrected chi connectivity index (χ3v) is 3.53. The van der Waals surface area contributed by atoms with E-state index in [9.17, 15) is 0 Å². The molecule has 0 heterocycles. The van der Waals surface area contributed by atoms with Crippen LogP contribution >= 0.6 is 0 Å². The minimum absolute atomic E-state index is 0.327. The molecular weight excluding hydrogens is 226 g/mol. The quantitative estimate of drug-likeness (QED) is 0.805. The Morgan fingerprint density at radius 3 is 2.28 bits per heavy atom. The molecule has 3 heteroatoms. The van der Waals surface area contributed by atoms with E-state index < -0.39 is 0 Å². The standard InChI is InChI=1S/C15H23NO2/c1-4-16-12(10-11-8-9-11)15-13(17-2)6-5-7-14(15)18-3/h5-7,11-12,16H,4,8-10H2,1-3H3. The van der Waals surface area contributed by atoms with Crippen molar-refractivity contribution in [2.24, 2.45) is 5.92 Å². The molecule has 0 aromatic heterocycles. The van der Waals surface area contributed by atoms with Gasteiger partial charge in [0.25, 0.3) is 0 Å². The van der Waals surface area contributed by atoms with Crippen LogP contribution in [0.5, 0.6) is 11.5 Å². The lowest BCUT2D eigenvalue weighted by molar-refractivity contribution is 0.363. The maximum atomic E-state index is 5.50. The molecule has 0 spiro atoms. The Morgan fingerprint density at radius 1 is 1.22 bits per heavy atom. The van der Waals surface area contributed by atoms with Gasteiger partial charge in [0.15, 0.2) is 0 Å². The van der Waals surface area contributed by atoms with E-state index in [0.29, 0.717) is 6.04 Å². The normalized spacial score (nSPS) is 16.4. The fourth-order valence-electron chi connectivity index (χ4n) is 2.46. The molecule has 100 valence electrons. The number of hydrogen-bond donors (Lipinski definition) is 1. The summed E-state index contributed by atoms with van der Waals surface area (Å²) in [4.78, 5) is 0. The number of rotatable bonds is 7. The van der Waals surface area contributed by atoms with Crippen LogP contribution in [0.3, 0.4) is 0 Å². The molecule has 1 unspecified atom stereocenters. The smallest absolute Gasteiger partial charge is 0.127 e. The number of ether oxygens (including phenoxy) is 2. The Kier molecular flexibility index (Phi) is 4.48. The Hall–Kier alpha value is -1.22. The summed E-state index contributed by atoms with van der Waals surface area (Å²) in [7, 11) is 3.44. The van der Waals surface area contributed by atoms with Crippen LogP contribution in [0.15, 0.2) is 18.2 Å². The summed E-state index contributed by atoms with van der Waals surface area (Å²) >= 11 is 0. The molecule has 0 amide bonds. The second-order valence-corrected chi connectivity index (χ2v) is 4.87. The maximum Gasteiger partial charge on any atom is 0.127 e. The Bertz CT molecular complexity index is 366. The molecule has 1 aliphatic carbocycles. The Morgan fingerprint density at radius 2 is 1.83 bits per heavy atom. The van der Waals surface area contributed by atoms with Crippen LogP contribution in [-0.2, 0) is 0 Å². The predicted molar refractivity (Wildman–Crippen MR) is 73.3 cm³/mol. The van der Waals surface area contributed by atoms with Gasteiger partial charge in [-0.1, -0.05) is 25.8 Å². The Balaban J connectivity index is 2.30. The minimum Gasteiger partial charge on any atom is -0.496 e. The van der Waals surface area contributed by atoms with E-state index >= 15 is 0 Å². The Labute approximate surface area is 109 Å². The maximum absolute atomic E-state index is 5.50. The molecule has 1 N–H and O–H groups in total. The largest absolute Gasteiger partial charge is 0.496 e. The summed E-state index contributed by atoms with van der Waals surface area (Å²) in [5, 5.41) is 3.56. The molecule has 0 saturated heterocycles. The van der Waals surface area contributed by atoms with Crippen molar-refractivity contribution in [2.45, 2.75) is 32.2 Å². The topological polar surface area (TPSA) is 30.5 Å². The molecule has 1 aliphatic rings. The average molecular weight is 249 g/mol. The van der Waals surface area contributed by atoms with E-state index in [1.165, 1.54) is 19.3 Å². The summed E-state index contributed by atoms with van der Waals surface area (Å²) < 4.78 is 11.0. The summed E-state index contributed by atoms with van der Waals surface area (Å²) in [5.41, 5.74) is 1.16. The van der Waals surface area contributed by atoms with Crippen molar-refractivity contribution in [3.8, 4) is 11.5 Å². The molecule has 1 aromatic carbocycles. The van der Waals surface area contributed by atoms with Gasteiger partial charge in [-0.05, 0) is 31.0 Å². The number of hydrogen-bond acceptors (Lipinski definition) is 3. The fourth-order valence-corrected chi connectivity index (χ4v) is 2.46. The van der Waals surface area contributed by atoms with Gasteiger partial charge in [-0.15, -0.1) is 0 Å². The van der Waals surface area contributed by atoms with Crippen molar-refractivity contribution in [3.05, 3.63) is 23.8 Å². The van der Waals surface area contributed by atoms with Crippen molar-refractivity contribution < 1.29 is 9.47 Å². The average Bonchev–Trinajstić information content (AvgIpc) is 3.21. The van der Waals surface area contributed by atoms with Crippen LogP contribution in [0.4, 0.5) is 0 Å². The van der Waals surface area contributed by atoms with Gasteiger partial charge in [0.05, 0.1) is 19.8 Å². The first-order valence-electron chi connectivity index (χ1n) is 6.74. The van der Waals surface area contributed by atoms with E-state index in [4.69, 9.17) is 9.47 Å². The first kappa shape index (κ1) is 13.2. The molecule has 3 nitrogen and oxygen atoms in total. The van der Waals surface area contributed by atoms with E-state index in [-0.39, 0.29) is 0 Å². The zero-order chi connectivity index (χ0) is 13.0. The van der Waals surface area contributed by atoms with Gasteiger partial charge in [-0.2, -0.15) is 0 Å². The molecule has 18 heavy (non-hydrogen) atoms. The summed E-state index contributed by atoms with van der Waals surface area (Å²) in [6.45, 7) is 3.10. The molecule has 0 aliphatic heterocycles. The van der Waals surface area contributed by atoms with Crippen molar-refractivity contribution in [2.75, 3.05) is 20.8 Å². The summed E-state index contributed by atoms with van der Waals surface area (Å²) in [6, 6.07) is 6.32. The number of nitrogens with one attached hydrogen (secondary N) is 1. The minimum atomic E-state index is 0.327. The third kappa shape index (κ3) is 2.96. The molecule has 2 rings (SSSR count). The number of benzene rings is 1. The van der Waals surface area contributed by atoms with E-state index in [1.54, 1.807) is 14.2 Å². The van der Waals surface area contributed by atoms with E-state index in [1.807, 2.05) is 18.2 Å². The number of methoxy groups -OCH3 is 2. The highest BCUT2D eigenvalue weighted by molar-refractivity contribution is 5.47. The molecule has 0 radical (unpaired) electrons. The van der Waals surface area contributed by atoms with Crippen molar-refractivity contribution in [3.63, 3.8) is 0 Å². The predicted octanol–water partition coefficient (Wildman–Crippen LogP) is 3.15. The van der Waals surface area contributed by atoms with Gasteiger partial charge in [0.2, 0.25) is 0 Å². The first-order chi connectivity index (χ1) is 8.80. The van der Waals surface area contributed by atoms with Crippen molar-refractivity contribution >= 4 is 0 Å². The lowest BCUT2D eigenvalue weighted by Crippen LogP contribution is -2.22. The molecule has 1 atom stereocenters. The zero-order valence-electron chi connectivity index (χ0n) is 11.5. The lowest BCUT2D eigenvalue weighted by Gasteiger charge is -2.23. The molecule has 1 fully saturated rings. The monoisotopic (exact) mass is 249 g/mol. The van der Waals surface area contributed by atoms with Crippen LogP contribution in [-0.4, -0.2) is 20.8 Å². The summed E-state index contributed by atoms with van der Waals surface area (Å²) in [5.74, 6) is 2.70. The second-order valence-electron chi connectivity index (χ2n) is 4.87. The van der Waals surface area contributed by atoms with Crippen LogP contribution in [0.2, 0.25) is 0 Å². The zero-order valence-corrected chi connectivity index (χ0v) is 11.5. The van der Waals surface area contributed by atoms with Gasteiger partial charge in [-0.3, -0.25) is 0 Å². The SMILES string of the molecule is CCNC(CC1CC1)c1c(OC)cccc1OC. The highest BCUT2D eigenvalue weighted by Crippen LogP contribution is 2.42. The molecule has 0 bridgehead atoms. The highest BCUT2D eigenvalue weighted by Gasteiger charge is 2.29. The van der Waals surface area contributed by atoms with Gasteiger partial charge >= 0.3 is 0 Å². The molecule has 1 saturated carbocycles. The van der Waals surface area contributed by atoms with Crippen LogP contribution in [0, 0.1) is 5.92 Å².